The number of carbonyl (C=O) groups excluding carboxylic acids is 1. The number of rotatable bonds is 12. The van der Waals surface area contributed by atoms with Crippen LogP contribution in [0.5, 0.6) is 5.75 Å². The Balaban J connectivity index is 1.44. The molecule has 0 aromatic heterocycles. The molecule has 1 fully saturated rings. The van der Waals surface area contributed by atoms with Gasteiger partial charge in [-0.2, -0.15) is 0 Å². The van der Waals surface area contributed by atoms with Crippen molar-refractivity contribution in [3.8, 4) is 5.75 Å². The van der Waals surface area contributed by atoms with Crippen molar-refractivity contribution in [2.45, 2.75) is 70.8 Å². The smallest absolute Gasteiger partial charge is 0.307 e. The summed E-state index contributed by atoms with van der Waals surface area (Å²) < 4.78 is 5.94. The van der Waals surface area contributed by atoms with E-state index in [0.29, 0.717) is 37.5 Å². The second-order valence-electron chi connectivity index (χ2n) is 10.4. The molecule has 1 saturated carbocycles. The normalized spacial score (nSPS) is 14.6. The molecule has 0 unspecified atom stereocenters. The van der Waals surface area contributed by atoms with E-state index in [-0.39, 0.29) is 5.91 Å². The summed E-state index contributed by atoms with van der Waals surface area (Å²) in [6.07, 6.45) is 8.11. The average molecular weight is 514 g/mol. The Morgan fingerprint density at radius 2 is 1.63 bits per heavy atom. The SMILES string of the molecule is CCCOc1ccc(C[C@@H](Cc2ccccc2)C(=O)O)cc1CNC(=O)c1ccc(C2CCCCC2)cc1. The van der Waals surface area contributed by atoms with Crippen LogP contribution in [0.4, 0.5) is 0 Å². The minimum atomic E-state index is -0.813. The van der Waals surface area contributed by atoms with E-state index in [9.17, 15) is 14.7 Å². The quantitative estimate of drug-likeness (QED) is 0.275. The monoisotopic (exact) mass is 513 g/mol. The Morgan fingerprint density at radius 1 is 0.921 bits per heavy atom. The molecule has 200 valence electrons. The van der Waals surface area contributed by atoms with Gasteiger partial charge in [-0.3, -0.25) is 9.59 Å². The van der Waals surface area contributed by atoms with Gasteiger partial charge >= 0.3 is 5.97 Å². The fraction of sp³-hybridized carbons (Fsp3) is 0.394. The van der Waals surface area contributed by atoms with Crippen LogP contribution in [0.25, 0.3) is 0 Å². The highest BCUT2D eigenvalue weighted by Gasteiger charge is 2.20. The lowest BCUT2D eigenvalue weighted by atomic mass is 9.84. The molecule has 0 heterocycles. The van der Waals surface area contributed by atoms with Crippen molar-refractivity contribution >= 4 is 11.9 Å². The highest BCUT2D eigenvalue weighted by Crippen LogP contribution is 2.32. The summed E-state index contributed by atoms with van der Waals surface area (Å²) >= 11 is 0. The van der Waals surface area contributed by atoms with Gasteiger partial charge < -0.3 is 15.2 Å². The number of benzene rings is 3. The third kappa shape index (κ3) is 7.70. The third-order valence-corrected chi connectivity index (χ3v) is 7.43. The first-order chi connectivity index (χ1) is 18.5. The van der Waals surface area contributed by atoms with Gasteiger partial charge in [-0.15, -0.1) is 0 Å². The summed E-state index contributed by atoms with van der Waals surface area (Å²) in [5.41, 5.74) is 4.74. The number of carboxylic acid groups (broad SMARTS) is 1. The summed E-state index contributed by atoms with van der Waals surface area (Å²) in [6, 6.07) is 23.5. The van der Waals surface area contributed by atoms with E-state index < -0.39 is 11.9 Å². The molecular weight excluding hydrogens is 474 g/mol. The topological polar surface area (TPSA) is 75.6 Å². The lowest BCUT2D eigenvalue weighted by molar-refractivity contribution is -0.141. The molecule has 5 heteroatoms. The van der Waals surface area contributed by atoms with E-state index in [1.807, 2.05) is 67.6 Å². The molecule has 3 aromatic carbocycles. The number of hydrogen-bond acceptors (Lipinski definition) is 3. The standard InChI is InChI=1S/C33H39NO4/c1-2-19-38-31-18-13-25(21-29(33(36)37)20-24-9-5-3-6-10-24)22-30(31)23-34-32(35)28-16-14-27(15-17-28)26-11-7-4-8-12-26/h3,5-6,9-10,13-18,22,26,29H,2,4,7-8,11-12,19-21,23H2,1H3,(H,34,35)(H,36,37)/t29-/m1/s1. The molecule has 0 aliphatic heterocycles. The van der Waals surface area contributed by atoms with E-state index >= 15 is 0 Å². The molecule has 1 atom stereocenters. The van der Waals surface area contributed by atoms with E-state index in [1.165, 1.54) is 37.7 Å². The molecule has 0 bridgehead atoms. The van der Waals surface area contributed by atoms with Crippen LogP contribution in [-0.2, 0) is 24.2 Å². The van der Waals surface area contributed by atoms with Crippen molar-refractivity contribution in [2.24, 2.45) is 5.92 Å². The summed E-state index contributed by atoms with van der Waals surface area (Å²) in [5, 5.41) is 12.9. The van der Waals surface area contributed by atoms with Crippen LogP contribution in [-0.4, -0.2) is 23.6 Å². The summed E-state index contributed by atoms with van der Waals surface area (Å²) in [4.78, 5) is 25.0. The Hall–Kier alpha value is -3.60. The van der Waals surface area contributed by atoms with E-state index in [2.05, 4.69) is 17.4 Å². The van der Waals surface area contributed by atoms with Gasteiger partial charge in [-0.25, -0.2) is 0 Å². The van der Waals surface area contributed by atoms with Gasteiger partial charge in [0.05, 0.1) is 12.5 Å². The highest BCUT2D eigenvalue weighted by molar-refractivity contribution is 5.94. The van der Waals surface area contributed by atoms with Crippen LogP contribution < -0.4 is 10.1 Å². The van der Waals surface area contributed by atoms with E-state index in [0.717, 1.165) is 28.9 Å². The number of hydrogen-bond donors (Lipinski definition) is 2. The maximum atomic E-state index is 13.0. The fourth-order valence-corrected chi connectivity index (χ4v) is 5.30. The molecule has 1 aliphatic carbocycles. The largest absolute Gasteiger partial charge is 0.493 e. The summed E-state index contributed by atoms with van der Waals surface area (Å²) in [6.45, 7) is 2.94. The number of carboxylic acids is 1. The summed E-state index contributed by atoms with van der Waals surface area (Å²) in [5.74, 6) is -0.145. The van der Waals surface area contributed by atoms with Gasteiger partial charge in [-0.05, 0) is 72.9 Å². The number of ether oxygens (including phenoxy) is 1. The van der Waals surface area contributed by atoms with Crippen molar-refractivity contribution in [1.82, 2.24) is 5.32 Å². The van der Waals surface area contributed by atoms with Crippen LogP contribution in [0.15, 0.2) is 72.8 Å². The molecule has 4 rings (SSSR count). The maximum Gasteiger partial charge on any atom is 0.307 e. The minimum Gasteiger partial charge on any atom is -0.493 e. The van der Waals surface area contributed by atoms with Crippen LogP contribution in [0.1, 0.15) is 84.0 Å². The molecule has 1 amide bonds. The molecule has 0 radical (unpaired) electrons. The molecule has 1 aliphatic rings. The average Bonchev–Trinajstić information content (AvgIpc) is 2.96. The first-order valence-electron chi connectivity index (χ1n) is 13.9. The van der Waals surface area contributed by atoms with E-state index in [1.54, 1.807) is 0 Å². The lowest BCUT2D eigenvalue weighted by Gasteiger charge is -2.22. The Kier molecular flexibility index (Phi) is 9.97. The minimum absolute atomic E-state index is 0.125. The van der Waals surface area contributed by atoms with Gasteiger partial charge in [0.15, 0.2) is 0 Å². The van der Waals surface area contributed by atoms with Crippen LogP contribution >= 0.6 is 0 Å². The van der Waals surface area contributed by atoms with Crippen LogP contribution in [0.2, 0.25) is 0 Å². The number of nitrogens with one attached hydrogen (secondary N) is 1. The molecule has 0 spiro atoms. The molecule has 5 nitrogen and oxygen atoms in total. The molecular formula is C33H39NO4. The zero-order valence-corrected chi connectivity index (χ0v) is 22.3. The van der Waals surface area contributed by atoms with Gasteiger partial charge in [-0.1, -0.05) is 80.8 Å². The van der Waals surface area contributed by atoms with Crippen molar-refractivity contribution in [1.29, 1.82) is 0 Å². The number of amides is 1. The summed E-state index contributed by atoms with van der Waals surface area (Å²) in [7, 11) is 0. The zero-order valence-electron chi connectivity index (χ0n) is 22.3. The molecule has 3 aromatic rings. The van der Waals surface area contributed by atoms with Crippen molar-refractivity contribution in [2.75, 3.05) is 6.61 Å². The van der Waals surface area contributed by atoms with Crippen molar-refractivity contribution in [3.05, 3.63) is 101 Å². The Morgan fingerprint density at radius 3 is 2.32 bits per heavy atom. The van der Waals surface area contributed by atoms with Gasteiger partial charge in [0.2, 0.25) is 0 Å². The Labute approximate surface area is 226 Å². The van der Waals surface area contributed by atoms with Gasteiger partial charge in [0.1, 0.15) is 5.75 Å². The number of carbonyl (C=O) groups is 2. The maximum absolute atomic E-state index is 13.0. The van der Waals surface area contributed by atoms with Gasteiger partial charge in [0.25, 0.3) is 5.91 Å². The second-order valence-corrected chi connectivity index (χ2v) is 10.4. The van der Waals surface area contributed by atoms with E-state index in [4.69, 9.17) is 4.74 Å². The van der Waals surface area contributed by atoms with Crippen LogP contribution in [0, 0.1) is 5.92 Å². The van der Waals surface area contributed by atoms with Crippen LogP contribution in [0.3, 0.4) is 0 Å². The highest BCUT2D eigenvalue weighted by atomic mass is 16.5. The Bertz CT molecular complexity index is 1180. The first kappa shape index (κ1) is 27.4. The van der Waals surface area contributed by atoms with Gasteiger partial charge in [0, 0.05) is 17.7 Å². The van der Waals surface area contributed by atoms with Crippen molar-refractivity contribution in [3.63, 3.8) is 0 Å². The number of aliphatic carboxylic acids is 1. The molecule has 38 heavy (non-hydrogen) atoms. The molecule has 2 N–H and O–H groups in total. The zero-order chi connectivity index (χ0) is 26.7. The fourth-order valence-electron chi connectivity index (χ4n) is 5.30. The second kappa shape index (κ2) is 13.8. The predicted molar refractivity (Wildman–Crippen MR) is 151 cm³/mol. The first-order valence-corrected chi connectivity index (χ1v) is 13.9. The molecule has 0 saturated heterocycles. The lowest BCUT2D eigenvalue weighted by Crippen LogP contribution is -2.23. The van der Waals surface area contributed by atoms with Crippen molar-refractivity contribution < 1.29 is 19.4 Å². The predicted octanol–water partition coefficient (Wildman–Crippen LogP) is 6.94. The third-order valence-electron chi connectivity index (χ3n) is 7.43.